The van der Waals surface area contributed by atoms with Crippen molar-refractivity contribution in [2.75, 3.05) is 44.2 Å². The smallest absolute Gasteiger partial charge is 0.356 e. The standard InChI is InChI=1S/C60H52Cl2N10O9/c1-76-59(74)47-21-22-49(57(66-47)64-34-44-24-27-78-44)72(56(73)32-39-9-17-42(18-10-39)80-54-23-26-63-50(69-54)29-36-3-11-40(61)12-4-36)53-33-55(70-51(68-53)30-37-5-13-41(62)14-6-37)81-43-15-7-38(8-16-43)31-52-65-46-19-20-48(60(75)77-2)67-58(46)71(52)35-45-25-28-79-45/h3-23,26,33,44-45H,24-25,27-32,34-35H2,1-2H3,(H,64,66)/t44-,45-/m0/s1. The van der Waals surface area contributed by atoms with Crippen LogP contribution in [0.2, 0.25) is 10.0 Å². The maximum atomic E-state index is 15.3. The largest absolute Gasteiger partial charge is 0.464 e. The second-order valence-corrected chi connectivity index (χ2v) is 20.0. The molecule has 2 fully saturated rings. The van der Waals surface area contributed by atoms with Gasteiger partial charge in [0.15, 0.2) is 22.9 Å². The van der Waals surface area contributed by atoms with Crippen LogP contribution in [0.1, 0.15) is 73.5 Å². The Balaban J connectivity index is 0.909. The number of amides is 1. The van der Waals surface area contributed by atoms with Gasteiger partial charge in [-0.05, 0) is 108 Å². The number of benzene rings is 4. The van der Waals surface area contributed by atoms with Crippen LogP contribution in [-0.2, 0) is 56.0 Å². The fourth-order valence-electron chi connectivity index (χ4n) is 9.07. The summed E-state index contributed by atoms with van der Waals surface area (Å²) in [6.07, 6.45) is 4.30. The van der Waals surface area contributed by atoms with Crippen molar-refractivity contribution in [1.29, 1.82) is 0 Å². The van der Waals surface area contributed by atoms with Gasteiger partial charge in [0.2, 0.25) is 17.7 Å². The van der Waals surface area contributed by atoms with Gasteiger partial charge in [0.25, 0.3) is 0 Å². The number of nitrogens with zero attached hydrogens (tertiary/aromatic N) is 9. The van der Waals surface area contributed by atoms with E-state index in [2.05, 4.69) is 25.3 Å². The van der Waals surface area contributed by atoms with Crippen molar-refractivity contribution < 1.29 is 42.8 Å². The number of imidazole rings is 1. The number of halogens is 2. The number of fused-ring (bicyclic) bond motifs is 1. The molecule has 2 atom stereocenters. The molecule has 1 amide bonds. The topological polar surface area (TPSA) is 217 Å². The molecule has 0 saturated carbocycles. The van der Waals surface area contributed by atoms with E-state index < -0.39 is 17.8 Å². The number of methoxy groups -OCH3 is 2. The normalized spacial score (nSPS) is 14.6. The third-order valence-electron chi connectivity index (χ3n) is 13.5. The molecule has 19 nitrogen and oxygen atoms in total. The Morgan fingerprint density at radius 3 is 1.81 bits per heavy atom. The summed E-state index contributed by atoms with van der Waals surface area (Å²) in [6.45, 7) is 2.17. The second-order valence-electron chi connectivity index (χ2n) is 19.1. The molecule has 11 rings (SSSR count). The number of hydrogen-bond donors (Lipinski definition) is 1. The molecule has 81 heavy (non-hydrogen) atoms. The van der Waals surface area contributed by atoms with E-state index in [1.54, 1.807) is 72.9 Å². The lowest BCUT2D eigenvalue weighted by atomic mass is 10.1. The van der Waals surface area contributed by atoms with E-state index in [0.29, 0.717) is 101 Å². The van der Waals surface area contributed by atoms with Gasteiger partial charge in [0.05, 0.1) is 45.1 Å². The molecule has 4 aromatic carbocycles. The average molecular weight is 1130 g/mol. The molecular formula is C60H52Cl2N10O9. The van der Waals surface area contributed by atoms with Crippen LogP contribution in [-0.4, -0.2) is 103 Å². The third-order valence-corrected chi connectivity index (χ3v) is 14.0. The minimum absolute atomic E-state index is 0.000364. The van der Waals surface area contributed by atoms with Gasteiger partial charge >= 0.3 is 11.9 Å². The Kier molecular flexibility index (Phi) is 16.5. The average Bonchev–Trinajstić information content (AvgIpc) is 4.04. The van der Waals surface area contributed by atoms with E-state index in [-0.39, 0.29) is 54.0 Å². The van der Waals surface area contributed by atoms with Crippen LogP contribution in [0, 0.1) is 0 Å². The van der Waals surface area contributed by atoms with Crippen molar-refractivity contribution in [3.05, 3.63) is 201 Å². The lowest BCUT2D eigenvalue weighted by Crippen LogP contribution is -2.35. The highest BCUT2D eigenvalue weighted by Gasteiger charge is 2.29. The summed E-state index contributed by atoms with van der Waals surface area (Å²) in [5.74, 6) is 1.88. The zero-order valence-electron chi connectivity index (χ0n) is 44.0. The summed E-state index contributed by atoms with van der Waals surface area (Å²) in [4.78, 5) is 75.2. The monoisotopic (exact) mass is 1130 g/mol. The number of rotatable bonds is 21. The van der Waals surface area contributed by atoms with Crippen LogP contribution in [0.3, 0.4) is 0 Å². The lowest BCUT2D eigenvalue weighted by Gasteiger charge is -2.29. The minimum Gasteiger partial charge on any atom is -0.464 e. The summed E-state index contributed by atoms with van der Waals surface area (Å²) in [6, 6.07) is 39.2. The molecule has 410 valence electrons. The van der Waals surface area contributed by atoms with Crippen molar-refractivity contribution >= 4 is 69.5 Å². The van der Waals surface area contributed by atoms with E-state index in [4.69, 9.17) is 66.6 Å². The first kappa shape index (κ1) is 54.1. The zero-order chi connectivity index (χ0) is 55.8. The predicted octanol–water partition coefficient (Wildman–Crippen LogP) is 10.5. The fourth-order valence-corrected chi connectivity index (χ4v) is 9.33. The van der Waals surface area contributed by atoms with Gasteiger partial charge < -0.3 is 38.3 Å². The first-order valence-corrected chi connectivity index (χ1v) is 26.8. The molecule has 5 aromatic heterocycles. The first-order valence-electron chi connectivity index (χ1n) is 26.1. The lowest BCUT2D eigenvalue weighted by molar-refractivity contribution is -0.117. The molecule has 0 spiro atoms. The van der Waals surface area contributed by atoms with Gasteiger partial charge in [-0.15, -0.1) is 0 Å². The number of carbonyl (C=O) groups is 3. The van der Waals surface area contributed by atoms with E-state index >= 15 is 4.79 Å². The Bertz CT molecular complexity index is 3730. The number of carbonyl (C=O) groups excluding carboxylic acids is 3. The first-order chi connectivity index (χ1) is 39.5. The number of hydrogen-bond acceptors (Lipinski definition) is 17. The number of aromatic nitrogens is 8. The van der Waals surface area contributed by atoms with Crippen LogP contribution in [0.5, 0.6) is 23.3 Å². The summed E-state index contributed by atoms with van der Waals surface area (Å²) in [5.41, 5.74) is 5.15. The SMILES string of the molecule is COC(=O)c1ccc(N(C(=O)Cc2ccc(Oc3ccnc(Cc4ccc(Cl)cc4)n3)cc2)c2cc(Oc3ccc(Cc4nc5ccc(C(=O)OC)nc5n4C[C@@H]4CCO4)cc3)nc(Cc3ccc(Cl)cc3)n2)c(NC[C@@H]2CCO2)n1. The van der Waals surface area contributed by atoms with Gasteiger partial charge in [-0.1, -0.05) is 71.7 Å². The highest BCUT2D eigenvalue weighted by Crippen LogP contribution is 2.35. The highest BCUT2D eigenvalue weighted by atomic mass is 35.5. The van der Waals surface area contributed by atoms with Gasteiger partial charge in [-0.25, -0.2) is 34.5 Å². The quantitative estimate of drug-likeness (QED) is 0.0662. The zero-order valence-corrected chi connectivity index (χ0v) is 45.5. The molecule has 0 unspecified atom stereocenters. The highest BCUT2D eigenvalue weighted by molar-refractivity contribution is 6.30. The van der Waals surface area contributed by atoms with Crippen LogP contribution in [0.15, 0.2) is 140 Å². The number of esters is 2. The Labute approximate surface area is 475 Å². The van der Waals surface area contributed by atoms with E-state index in [1.807, 2.05) is 65.2 Å². The number of pyridine rings is 2. The molecule has 0 radical (unpaired) electrons. The van der Waals surface area contributed by atoms with E-state index in [0.717, 1.165) is 35.4 Å². The molecule has 9 aromatic rings. The van der Waals surface area contributed by atoms with Gasteiger partial charge in [-0.3, -0.25) is 9.69 Å². The van der Waals surface area contributed by atoms with Gasteiger partial charge in [0.1, 0.15) is 40.3 Å². The molecule has 2 aliphatic heterocycles. The molecular weight excluding hydrogens is 1080 g/mol. The van der Waals surface area contributed by atoms with E-state index in [9.17, 15) is 9.59 Å². The van der Waals surface area contributed by atoms with Crippen LogP contribution >= 0.6 is 23.2 Å². The number of nitrogens with one attached hydrogen (secondary N) is 1. The van der Waals surface area contributed by atoms with Gasteiger partial charge in [-0.2, -0.15) is 9.97 Å². The number of anilines is 3. The Morgan fingerprint density at radius 1 is 0.617 bits per heavy atom. The molecule has 1 N–H and O–H groups in total. The minimum atomic E-state index is -0.661. The third kappa shape index (κ3) is 13.3. The van der Waals surface area contributed by atoms with E-state index in [1.165, 1.54) is 25.2 Å². The molecule has 0 aliphatic carbocycles. The van der Waals surface area contributed by atoms with Crippen molar-refractivity contribution in [3.63, 3.8) is 0 Å². The molecule has 7 heterocycles. The molecule has 2 saturated heterocycles. The summed E-state index contributed by atoms with van der Waals surface area (Å²) in [7, 11) is 2.60. The van der Waals surface area contributed by atoms with Crippen molar-refractivity contribution in [2.24, 2.45) is 0 Å². The summed E-state index contributed by atoms with van der Waals surface area (Å²) >= 11 is 12.4. The molecule has 21 heteroatoms. The Hall–Kier alpha value is -8.88. The maximum absolute atomic E-state index is 15.3. The van der Waals surface area contributed by atoms with Gasteiger partial charge in [0, 0.05) is 67.4 Å². The van der Waals surface area contributed by atoms with Crippen molar-refractivity contribution in [2.45, 2.75) is 57.3 Å². The van der Waals surface area contributed by atoms with Crippen molar-refractivity contribution in [3.8, 4) is 23.3 Å². The summed E-state index contributed by atoms with van der Waals surface area (Å²) < 4.78 is 36.2. The molecule has 2 aliphatic rings. The second kappa shape index (κ2) is 24.6. The maximum Gasteiger partial charge on any atom is 0.356 e. The Morgan fingerprint density at radius 2 is 1.19 bits per heavy atom. The van der Waals surface area contributed by atoms with Crippen LogP contribution in [0.4, 0.5) is 17.3 Å². The molecule has 0 bridgehead atoms. The van der Waals surface area contributed by atoms with Crippen molar-refractivity contribution in [1.82, 2.24) is 39.5 Å². The fraction of sp³-hybridized carbons (Fsp3) is 0.233. The number of ether oxygens (including phenoxy) is 6. The van der Waals surface area contributed by atoms with Crippen LogP contribution in [0.25, 0.3) is 11.2 Å². The van der Waals surface area contributed by atoms with Crippen LogP contribution < -0.4 is 19.7 Å². The summed E-state index contributed by atoms with van der Waals surface area (Å²) in [5, 5.41) is 4.54. The predicted molar refractivity (Wildman–Crippen MR) is 301 cm³/mol.